The number of aromatic nitrogens is 3. The summed E-state index contributed by atoms with van der Waals surface area (Å²) in [5.41, 5.74) is 10.2. The summed E-state index contributed by atoms with van der Waals surface area (Å²) >= 11 is 0. The van der Waals surface area contributed by atoms with Gasteiger partial charge < -0.3 is 21.1 Å². The molecule has 0 atom stereocenters. The van der Waals surface area contributed by atoms with Gasteiger partial charge in [0, 0.05) is 11.3 Å². The molecule has 1 amide bonds. The molecule has 31 heavy (non-hydrogen) atoms. The Kier molecular flexibility index (Phi) is 6.76. The van der Waals surface area contributed by atoms with Crippen molar-refractivity contribution in [2.75, 3.05) is 17.6 Å². The minimum absolute atomic E-state index is 0.00120. The Bertz CT molecular complexity index is 1100. The van der Waals surface area contributed by atoms with Crippen LogP contribution in [0.1, 0.15) is 32.9 Å². The molecule has 0 aliphatic carbocycles. The number of hydrogen-bond donors (Lipinski definition) is 3. The normalized spacial score (nSPS) is 10.4. The monoisotopic (exact) mass is 420 g/mol. The summed E-state index contributed by atoms with van der Waals surface area (Å²) in [5, 5.41) is 5.56. The first-order valence-electron chi connectivity index (χ1n) is 9.65. The molecule has 0 bridgehead atoms. The number of carbonyl (C=O) groups excluding carboxylic acids is 2. The topological polar surface area (TPSA) is 132 Å². The third-order valence-electron chi connectivity index (χ3n) is 4.53. The number of rotatable bonds is 7. The zero-order valence-corrected chi connectivity index (χ0v) is 17.6. The van der Waals surface area contributed by atoms with Gasteiger partial charge in [0.1, 0.15) is 6.54 Å². The Morgan fingerprint density at radius 2 is 1.71 bits per heavy atom. The average molecular weight is 420 g/mol. The van der Waals surface area contributed by atoms with E-state index in [0.29, 0.717) is 5.56 Å². The van der Waals surface area contributed by atoms with Crippen molar-refractivity contribution in [3.05, 3.63) is 70.5 Å². The maximum absolute atomic E-state index is 12.2. The summed E-state index contributed by atoms with van der Waals surface area (Å²) in [6.45, 7) is 5.39. The summed E-state index contributed by atoms with van der Waals surface area (Å²) in [6.07, 6.45) is 0. The van der Waals surface area contributed by atoms with Gasteiger partial charge in [0.05, 0.1) is 0 Å². The number of nitrogen functional groups attached to an aromatic ring is 1. The van der Waals surface area contributed by atoms with Crippen LogP contribution in [0.25, 0.3) is 0 Å². The lowest BCUT2D eigenvalue weighted by Crippen LogP contribution is -2.30. The maximum atomic E-state index is 12.2. The van der Waals surface area contributed by atoms with Crippen molar-refractivity contribution in [2.24, 2.45) is 0 Å². The Balaban J connectivity index is 1.53. The number of ether oxygens (including phenoxy) is 1. The van der Waals surface area contributed by atoms with Crippen molar-refractivity contribution in [3.63, 3.8) is 0 Å². The molecule has 0 aliphatic heterocycles. The lowest BCUT2D eigenvalue weighted by Gasteiger charge is -2.09. The highest BCUT2D eigenvalue weighted by molar-refractivity contribution is 5.96. The average Bonchev–Trinajstić information content (AvgIpc) is 2.73. The molecule has 160 valence electrons. The fourth-order valence-corrected chi connectivity index (χ4v) is 2.66. The lowest BCUT2D eigenvalue weighted by molar-refractivity contribution is -0.143. The van der Waals surface area contributed by atoms with Gasteiger partial charge >= 0.3 is 5.97 Å². The summed E-state index contributed by atoms with van der Waals surface area (Å²) in [5.74, 6) is -0.543. The SMILES string of the molecule is Cc1ccc(Nc2nc(N)nc(COC(=O)CNC(=O)c3ccc(C)c(C)c3)n2)cc1. The number of esters is 1. The number of carbonyl (C=O) groups is 2. The fraction of sp³-hybridized carbons (Fsp3) is 0.227. The maximum Gasteiger partial charge on any atom is 0.325 e. The second-order valence-corrected chi connectivity index (χ2v) is 7.07. The van der Waals surface area contributed by atoms with E-state index in [4.69, 9.17) is 10.5 Å². The minimum Gasteiger partial charge on any atom is -0.456 e. The number of nitrogens with zero attached hydrogens (tertiary/aromatic N) is 3. The van der Waals surface area contributed by atoms with E-state index in [1.165, 1.54) is 0 Å². The van der Waals surface area contributed by atoms with E-state index in [1.54, 1.807) is 12.1 Å². The highest BCUT2D eigenvalue weighted by Crippen LogP contribution is 2.14. The summed E-state index contributed by atoms with van der Waals surface area (Å²) in [7, 11) is 0. The van der Waals surface area contributed by atoms with Crippen molar-refractivity contribution in [2.45, 2.75) is 27.4 Å². The molecule has 0 radical (unpaired) electrons. The third-order valence-corrected chi connectivity index (χ3v) is 4.53. The molecule has 3 rings (SSSR count). The van der Waals surface area contributed by atoms with Gasteiger partial charge in [-0.2, -0.15) is 15.0 Å². The number of anilines is 3. The second kappa shape index (κ2) is 9.66. The van der Waals surface area contributed by atoms with Gasteiger partial charge in [-0.05, 0) is 56.2 Å². The van der Waals surface area contributed by atoms with Crippen LogP contribution < -0.4 is 16.4 Å². The first kappa shape index (κ1) is 21.7. The van der Waals surface area contributed by atoms with Crippen LogP contribution in [0.5, 0.6) is 0 Å². The molecule has 1 aromatic heterocycles. The molecule has 1 heterocycles. The van der Waals surface area contributed by atoms with Gasteiger partial charge in [-0.3, -0.25) is 9.59 Å². The van der Waals surface area contributed by atoms with Crippen LogP contribution in [0, 0.1) is 20.8 Å². The molecule has 0 spiro atoms. The highest BCUT2D eigenvalue weighted by atomic mass is 16.5. The van der Waals surface area contributed by atoms with Crippen molar-refractivity contribution < 1.29 is 14.3 Å². The quantitative estimate of drug-likeness (QED) is 0.497. The van der Waals surface area contributed by atoms with E-state index >= 15 is 0 Å². The largest absolute Gasteiger partial charge is 0.456 e. The van der Waals surface area contributed by atoms with Crippen LogP contribution in [0.15, 0.2) is 42.5 Å². The van der Waals surface area contributed by atoms with Crippen molar-refractivity contribution in [3.8, 4) is 0 Å². The lowest BCUT2D eigenvalue weighted by atomic mass is 10.1. The molecule has 0 fully saturated rings. The van der Waals surface area contributed by atoms with Crippen LogP contribution in [-0.4, -0.2) is 33.4 Å². The molecule has 0 saturated carbocycles. The molecular weight excluding hydrogens is 396 g/mol. The van der Waals surface area contributed by atoms with Gasteiger partial charge in [0.2, 0.25) is 11.9 Å². The van der Waals surface area contributed by atoms with E-state index in [0.717, 1.165) is 22.4 Å². The number of nitrogens with one attached hydrogen (secondary N) is 2. The second-order valence-electron chi connectivity index (χ2n) is 7.07. The zero-order valence-electron chi connectivity index (χ0n) is 17.6. The summed E-state index contributed by atoms with van der Waals surface area (Å²) in [6, 6.07) is 13.0. The van der Waals surface area contributed by atoms with Crippen LogP contribution >= 0.6 is 0 Å². The van der Waals surface area contributed by atoms with Gasteiger partial charge in [-0.15, -0.1) is 0 Å². The Hall–Kier alpha value is -4.01. The smallest absolute Gasteiger partial charge is 0.325 e. The van der Waals surface area contributed by atoms with Crippen molar-refractivity contribution in [1.29, 1.82) is 0 Å². The van der Waals surface area contributed by atoms with Gasteiger partial charge in [0.15, 0.2) is 12.4 Å². The Labute approximate surface area is 180 Å². The van der Waals surface area contributed by atoms with Gasteiger partial charge in [-0.25, -0.2) is 0 Å². The Morgan fingerprint density at radius 1 is 0.968 bits per heavy atom. The van der Waals surface area contributed by atoms with E-state index in [1.807, 2.05) is 51.1 Å². The first-order valence-corrected chi connectivity index (χ1v) is 9.65. The standard InChI is InChI=1S/C22H24N6O3/c1-13-4-8-17(9-5-13)25-22-27-18(26-21(23)28-22)12-31-19(29)11-24-20(30)16-7-6-14(2)15(3)10-16/h4-10H,11-12H2,1-3H3,(H,24,30)(H3,23,25,26,27,28). The molecule has 4 N–H and O–H groups in total. The number of hydrogen-bond acceptors (Lipinski definition) is 8. The number of aryl methyl sites for hydroxylation is 3. The van der Waals surface area contributed by atoms with E-state index < -0.39 is 5.97 Å². The number of benzene rings is 2. The van der Waals surface area contributed by atoms with E-state index in [9.17, 15) is 9.59 Å². The predicted molar refractivity (Wildman–Crippen MR) is 117 cm³/mol. The minimum atomic E-state index is -0.621. The predicted octanol–water partition coefficient (Wildman–Crippen LogP) is 2.60. The van der Waals surface area contributed by atoms with Crippen molar-refractivity contribution in [1.82, 2.24) is 20.3 Å². The van der Waals surface area contributed by atoms with Crippen LogP contribution in [0.3, 0.4) is 0 Å². The Morgan fingerprint density at radius 3 is 2.42 bits per heavy atom. The molecule has 0 aliphatic rings. The summed E-state index contributed by atoms with van der Waals surface area (Å²) < 4.78 is 5.14. The molecule has 9 nitrogen and oxygen atoms in total. The molecule has 3 aromatic rings. The van der Waals surface area contributed by atoms with E-state index in [-0.39, 0.29) is 36.8 Å². The number of amides is 1. The van der Waals surface area contributed by atoms with Gasteiger partial charge in [-0.1, -0.05) is 23.8 Å². The first-order chi connectivity index (χ1) is 14.8. The molecule has 0 saturated heterocycles. The number of nitrogens with two attached hydrogens (primary N) is 1. The zero-order chi connectivity index (χ0) is 22.4. The molecule has 9 heteroatoms. The highest BCUT2D eigenvalue weighted by Gasteiger charge is 2.12. The van der Waals surface area contributed by atoms with Gasteiger partial charge in [0.25, 0.3) is 5.91 Å². The van der Waals surface area contributed by atoms with Crippen LogP contribution in [0.4, 0.5) is 17.6 Å². The van der Waals surface area contributed by atoms with Crippen molar-refractivity contribution >= 4 is 29.5 Å². The fourth-order valence-electron chi connectivity index (χ4n) is 2.66. The van der Waals surface area contributed by atoms with Crippen LogP contribution in [-0.2, 0) is 16.1 Å². The molecule has 2 aromatic carbocycles. The molecule has 0 unspecified atom stereocenters. The molecular formula is C22H24N6O3. The van der Waals surface area contributed by atoms with E-state index in [2.05, 4.69) is 25.6 Å². The van der Waals surface area contributed by atoms with Crippen LogP contribution in [0.2, 0.25) is 0 Å². The third kappa shape index (κ3) is 6.23. The summed E-state index contributed by atoms with van der Waals surface area (Å²) in [4.78, 5) is 36.4.